The van der Waals surface area contributed by atoms with Gasteiger partial charge in [0.1, 0.15) is 12.1 Å². The molecule has 1 aliphatic heterocycles. The molecule has 13 nitrogen and oxygen atoms in total. The molecule has 4 N–H and O–H groups in total. The highest BCUT2D eigenvalue weighted by molar-refractivity contribution is 5.88. The smallest absolute Gasteiger partial charge is 0.328 e. The number of amides is 4. The number of carbonyl (C=O) groups is 5. The molecule has 1 saturated heterocycles. The van der Waals surface area contributed by atoms with Gasteiger partial charge in [-0.3, -0.25) is 19.2 Å². The van der Waals surface area contributed by atoms with Crippen LogP contribution in [0.15, 0.2) is 30.3 Å². The normalized spacial score (nSPS) is 22.4. The summed E-state index contributed by atoms with van der Waals surface area (Å²) in [6.07, 6.45) is 4.09. The van der Waals surface area contributed by atoms with Gasteiger partial charge in [0.05, 0.1) is 43.7 Å². The first-order valence-corrected chi connectivity index (χ1v) is 19.8. The number of methoxy groups -OCH3 is 3. The molecule has 0 radical (unpaired) electrons. The number of nitrogens with two attached hydrogens (primary N) is 1. The maximum Gasteiger partial charge on any atom is 0.328 e. The van der Waals surface area contributed by atoms with Crippen molar-refractivity contribution in [3.63, 3.8) is 0 Å². The third kappa shape index (κ3) is 12.0. The van der Waals surface area contributed by atoms with Crippen molar-refractivity contribution in [2.24, 2.45) is 29.4 Å². The van der Waals surface area contributed by atoms with Crippen LogP contribution in [0.25, 0.3) is 0 Å². The number of esters is 1. The van der Waals surface area contributed by atoms with Crippen molar-refractivity contribution in [2.45, 2.75) is 135 Å². The van der Waals surface area contributed by atoms with Gasteiger partial charge in [0.25, 0.3) is 0 Å². The summed E-state index contributed by atoms with van der Waals surface area (Å²) in [6.45, 7) is 10.1. The Labute approximate surface area is 322 Å². The Morgan fingerprint density at radius 1 is 0.963 bits per heavy atom. The summed E-state index contributed by atoms with van der Waals surface area (Å²) in [5, 5.41) is 5.87. The highest BCUT2D eigenvalue weighted by Gasteiger charge is 2.43. The van der Waals surface area contributed by atoms with Gasteiger partial charge >= 0.3 is 5.97 Å². The lowest BCUT2D eigenvalue weighted by Crippen LogP contribution is -2.58. The SMILES string of the molecule is CC[C@H](C)[C@@H]([C@@H](CC(=O)N1CCC[C@H]1[C@H](OC)[C@@H](C)C(=O)N[C@@H](Cc1ccccc1)C(=O)OC)OC)N(C)C(=O)[C@@H](NC(=O)CC1CC[C@H](N)C1)C(C)C. The molecular weight excluding hydrogens is 690 g/mol. The van der Waals surface area contributed by atoms with Crippen LogP contribution >= 0.6 is 0 Å². The Bertz CT molecular complexity index is 1380. The Kier molecular flexibility index (Phi) is 17.9. The number of carbonyl (C=O) groups excluding carboxylic acids is 5. The van der Waals surface area contributed by atoms with Crippen LogP contribution in [0.1, 0.15) is 91.5 Å². The van der Waals surface area contributed by atoms with Crippen LogP contribution in [0.3, 0.4) is 0 Å². The fraction of sp³-hybridized carbons (Fsp3) is 0.732. The number of rotatable bonds is 20. The molecule has 2 aliphatic rings. The molecule has 304 valence electrons. The molecule has 3 rings (SSSR count). The highest BCUT2D eigenvalue weighted by Crippen LogP contribution is 2.30. The quantitative estimate of drug-likeness (QED) is 0.169. The molecule has 1 heterocycles. The van der Waals surface area contributed by atoms with Crippen LogP contribution < -0.4 is 16.4 Å². The summed E-state index contributed by atoms with van der Waals surface area (Å²) in [5.41, 5.74) is 6.94. The summed E-state index contributed by atoms with van der Waals surface area (Å²) in [6, 6.07) is 7.04. The van der Waals surface area contributed by atoms with Gasteiger partial charge < -0.3 is 40.4 Å². The van der Waals surface area contributed by atoms with Crippen LogP contribution in [-0.2, 0) is 44.6 Å². The maximum absolute atomic E-state index is 14.2. The number of nitrogens with one attached hydrogen (secondary N) is 2. The fourth-order valence-corrected chi connectivity index (χ4v) is 8.32. The maximum atomic E-state index is 14.2. The van der Waals surface area contributed by atoms with Crippen LogP contribution in [0.5, 0.6) is 0 Å². The summed E-state index contributed by atoms with van der Waals surface area (Å²) in [4.78, 5) is 71.2. The minimum absolute atomic E-state index is 0.0127. The van der Waals surface area contributed by atoms with Gasteiger partial charge in [0.2, 0.25) is 23.6 Å². The average molecular weight is 758 g/mol. The monoisotopic (exact) mass is 757 g/mol. The van der Waals surface area contributed by atoms with Crippen LogP contribution in [0, 0.1) is 23.7 Å². The van der Waals surface area contributed by atoms with Crippen molar-refractivity contribution in [2.75, 3.05) is 34.9 Å². The molecule has 10 atom stereocenters. The third-order valence-corrected chi connectivity index (χ3v) is 11.6. The summed E-state index contributed by atoms with van der Waals surface area (Å²) < 4.78 is 16.9. The molecule has 1 aromatic rings. The van der Waals surface area contributed by atoms with E-state index in [0.717, 1.165) is 37.7 Å². The molecule has 0 spiro atoms. The van der Waals surface area contributed by atoms with E-state index in [-0.39, 0.29) is 66.3 Å². The molecule has 1 unspecified atom stereocenters. The first-order valence-electron chi connectivity index (χ1n) is 19.8. The largest absolute Gasteiger partial charge is 0.467 e. The zero-order valence-corrected chi connectivity index (χ0v) is 34.0. The standard InChI is InChI=1S/C41H67N5O8/c1-10-26(4)37(45(6)40(50)36(25(2)3)44-34(47)23-29-18-19-30(42)21-29)33(52-7)24-35(48)46-20-14-17-32(46)38(53-8)27(5)39(49)43-31(41(51)54-9)22-28-15-12-11-13-16-28/h11-13,15-16,25-27,29-33,36-38H,10,14,17-24,42H2,1-9H3,(H,43,49)(H,44,47)/t26-,27+,29?,30-,31-,32-,33+,36-,37-,38+/m0/s1. The number of ether oxygens (including phenoxy) is 3. The van der Waals surface area contributed by atoms with Crippen molar-refractivity contribution in [3.05, 3.63) is 35.9 Å². The predicted octanol–water partition coefficient (Wildman–Crippen LogP) is 3.47. The van der Waals surface area contributed by atoms with Crippen molar-refractivity contribution in [1.82, 2.24) is 20.4 Å². The minimum Gasteiger partial charge on any atom is -0.467 e. The van der Waals surface area contributed by atoms with Gasteiger partial charge in [-0.15, -0.1) is 0 Å². The van der Waals surface area contributed by atoms with Crippen molar-refractivity contribution >= 4 is 29.6 Å². The van der Waals surface area contributed by atoms with Gasteiger partial charge in [0, 0.05) is 46.7 Å². The molecule has 0 bridgehead atoms. The topological polar surface area (TPSA) is 170 Å². The third-order valence-electron chi connectivity index (χ3n) is 11.6. The van der Waals surface area contributed by atoms with Gasteiger partial charge in [-0.25, -0.2) is 4.79 Å². The Morgan fingerprint density at radius 3 is 2.20 bits per heavy atom. The van der Waals surface area contributed by atoms with E-state index in [1.54, 1.807) is 30.9 Å². The zero-order chi connectivity index (χ0) is 40.1. The van der Waals surface area contributed by atoms with E-state index in [1.165, 1.54) is 14.2 Å². The van der Waals surface area contributed by atoms with Crippen LogP contribution in [0.4, 0.5) is 0 Å². The predicted molar refractivity (Wildman–Crippen MR) is 207 cm³/mol. The number of hydrogen-bond acceptors (Lipinski definition) is 9. The molecule has 1 aromatic carbocycles. The number of likely N-dealkylation sites (N-methyl/N-ethyl adjacent to an activating group) is 1. The van der Waals surface area contributed by atoms with Crippen LogP contribution in [-0.4, -0.2) is 117 Å². The second-order valence-corrected chi connectivity index (χ2v) is 15.8. The first-order chi connectivity index (χ1) is 25.7. The van der Waals surface area contributed by atoms with E-state index >= 15 is 0 Å². The fourth-order valence-electron chi connectivity index (χ4n) is 8.32. The van der Waals surface area contributed by atoms with E-state index in [9.17, 15) is 24.0 Å². The van der Waals surface area contributed by atoms with Gasteiger partial charge in [-0.1, -0.05) is 71.4 Å². The Hall–Kier alpha value is -3.55. The lowest BCUT2D eigenvalue weighted by Gasteiger charge is -2.41. The molecule has 0 aromatic heterocycles. The van der Waals surface area contributed by atoms with E-state index in [4.69, 9.17) is 19.9 Å². The van der Waals surface area contributed by atoms with Gasteiger partial charge in [-0.05, 0) is 55.4 Å². The highest BCUT2D eigenvalue weighted by atomic mass is 16.5. The molecule has 2 fully saturated rings. The number of likely N-dealkylation sites (tertiary alicyclic amines) is 1. The van der Waals surface area contributed by atoms with E-state index in [1.807, 2.05) is 58.0 Å². The van der Waals surface area contributed by atoms with Gasteiger partial charge in [-0.2, -0.15) is 0 Å². The Balaban J connectivity index is 1.74. The van der Waals surface area contributed by atoms with E-state index < -0.39 is 42.2 Å². The second kappa shape index (κ2) is 21.5. The number of benzene rings is 1. The van der Waals surface area contributed by atoms with Crippen molar-refractivity contribution in [3.8, 4) is 0 Å². The zero-order valence-electron chi connectivity index (χ0n) is 34.0. The second-order valence-electron chi connectivity index (χ2n) is 15.8. The summed E-state index contributed by atoms with van der Waals surface area (Å²) in [5.74, 6) is -2.12. The van der Waals surface area contributed by atoms with Crippen molar-refractivity contribution < 1.29 is 38.2 Å². The summed E-state index contributed by atoms with van der Waals surface area (Å²) in [7, 11) is 6.10. The lowest BCUT2D eigenvalue weighted by molar-refractivity contribution is -0.148. The van der Waals surface area contributed by atoms with Crippen molar-refractivity contribution in [1.29, 1.82) is 0 Å². The number of nitrogens with zero attached hydrogens (tertiary/aromatic N) is 2. The minimum atomic E-state index is -0.888. The number of hydrogen-bond donors (Lipinski definition) is 3. The van der Waals surface area contributed by atoms with E-state index in [2.05, 4.69) is 10.6 Å². The molecule has 54 heavy (non-hydrogen) atoms. The lowest BCUT2D eigenvalue weighted by atomic mass is 9.89. The molecular formula is C41H67N5O8. The molecule has 1 aliphatic carbocycles. The molecule has 1 saturated carbocycles. The van der Waals surface area contributed by atoms with E-state index in [0.29, 0.717) is 19.4 Å². The average Bonchev–Trinajstić information content (AvgIpc) is 3.81. The molecule has 13 heteroatoms. The molecule has 4 amide bonds. The summed E-state index contributed by atoms with van der Waals surface area (Å²) >= 11 is 0. The first kappa shape index (κ1) is 44.8. The van der Waals surface area contributed by atoms with Gasteiger partial charge in [0.15, 0.2) is 0 Å². The van der Waals surface area contributed by atoms with Crippen LogP contribution in [0.2, 0.25) is 0 Å². The Morgan fingerprint density at radius 2 is 1.65 bits per heavy atom.